The smallest absolute Gasteiger partial charge is 0.411 e. The predicted octanol–water partition coefficient (Wildman–Crippen LogP) is 1.47. The first kappa shape index (κ1) is 13.7. The molecule has 1 atom stereocenters. The van der Waals surface area contributed by atoms with Crippen LogP contribution in [0, 0.1) is 0 Å². The maximum atomic E-state index is 11.9. The monoisotopic (exact) mass is 281 g/mol. The molecule has 0 aliphatic carbocycles. The minimum absolute atomic E-state index is 0.0692. The Morgan fingerprint density at radius 1 is 1.37 bits per heavy atom. The number of hydrogen-bond donors (Lipinski definition) is 3. The highest BCUT2D eigenvalue weighted by molar-refractivity contribution is 7.99. The lowest BCUT2D eigenvalue weighted by Gasteiger charge is -2.11. The first-order chi connectivity index (χ1) is 9.19. The van der Waals surface area contributed by atoms with Crippen LogP contribution < -0.4 is 16.0 Å². The SMILES string of the molecule is COC(=O)Nc1cccc(NC(=O)C2CSCN2)c1. The van der Waals surface area contributed by atoms with E-state index in [1.807, 2.05) is 0 Å². The van der Waals surface area contributed by atoms with E-state index in [0.29, 0.717) is 11.4 Å². The van der Waals surface area contributed by atoms with Gasteiger partial charge in [-0.25, -0.2) is 4.79 Å². The summed E-state index contributed by atoms with van der Waals surface area (Å²) in [6, 6.07) is 6.75. The average molecular weight is 281 g/mol. The van der Waals surface area contributed by atoms with Gasteiger partial charge < -0.3 is 10.1 Å². The molecule has 1 heterocycles. The molecule has 7 heteroatoms. The fourth-order valence-electron chi connectivity index (χ4n) is 1.64. The Labute approximate surface area is 115 Å². The maximum Gasteiger partial charge on any atom is 0.411 e. The standard InChI is InChI=1S/C12H15N3O3S/c1-18-12(17)15-9-4-2-3-8(5-9)14-11(16)10-6-19-7-13-10/h2-5,10,13H,6-7H2,1H3,(H,14,16)(H,15,17). The minimum Gasteiger partial charge on any atom is -0.453 e. The Balaban J connectivity index is 1.98. The molecule has 102 valence electrons. The highest BCUT2D eigenvalue weighted by atomic mass is 32.2. The van der Waals surface area contributed by atoms with E-state index in [2.05, 4.69) is 20.7 Å². The van der Waals surface area contributed by atoms with Crippen LogP contribution in [-0.4, -0.2) is 36.8 Å². The normalized spacial score (nSPS) is 17.8. The summed E-state index contributed by atoms with van der Waals surface area (Å²) in [4.78, 5) is 23.0. The van der Waals surface area contributed by atoms with Gasteiger partial charge in [-0.05, 0) is 18.2 Å². The van der Waals surface area contributed by atoms with Crippen LogP contribution in [0.25, 0.3) is 0 Å². The van der Waals surface area contributed by atoms with E-state index in [1.165, 1.54) is 7.11 Å². The van der Waals surface area contributed by atoms with Crippen LogP contribution >= 0.6 is 11.8 Å². The van der Waals surface area contributed by atoms with Gasteiger partial charge in [0.25, 0.3) is 0 Å². The van der Waals surface area contributed by atoms with Crippen molar-refractivity contribution < 1.29 is 14.3 Å². The molecule has 2 amide bonds. The molecule has 1 aromatic rings. The van der Waals surface area contributed by atoms with Gasteiger partial charge in [0.2, 0.25) is 5.91 Å². The van der Waals surface area contributed by atoms with E-state index >= 15 is 0 Å². The number of nitrogens with one attached hydrogen (secondary N) is 3. The third kappa shape index (κ3) is 3.87. The van der Waals surface area contributed by atoms with Gasteiger partial charge in [0, 0.05) is 23.0 Å². The van der Waals surface area contributed by atoms with Gasteiger partial charge in [0.1, 0.15) is 0 Å². The first-order valence-corrected chi connectivity index (χ1v) is 6.91. The lowest BCUT2D eigenvalue weighted by Crippen LogP contribution is -2.37. The number of anilines is 2. The number of methoxy groups -OCH3 is 1. The van der Waals surface area contributed by atoms with Gasteiger partial charge in [-0.15, -0.1) is 11.8 Å². The number of carbonyl (C=O) groups excluding carboxylic acids is 2. The molecule has 0 radical (unpaired) electrons. The lowest BCUT2D eigenvalue weighted by molar-refractivity contribution is -0.117. The van der Waals surface area contributed by atoms with Crippen molar-refractivity contribution in [2.75, 3.05) is 29.4 Å². The molecule has 0 aromatic heterocycles. The van der Waals surface area contributed by atoms with E-state index in [1.54, 1.807) is 36.0 Å². The highest BCUT2D eigenvalue weighted by Crippen LogP contribution is 2.17. The molecule has 0 spiro atoms. The van der Waals surface area contributed by atoms with Gasteiger partial charge >= 0.3 is 6.09 Å². The fourth-order valence-corrected chi connectivity index (χ4v) is 2.58. The minimum atomic E-state index is -0.544. The largest absolute Gasteiger partial charge is 0.453 e. The summed E-state index contributed by atoms with van der Waals surface area (Å²) in [6.45, 7) is 0. The summed E-state index contributed by atoms with van der Waals surface area (Å²) in [6.07, 6.45) is -0.544. The molecule has 1 fully saturated rings. The molecular formula is C12H15N3O3S. The Morgan fingerprint density at radius 2 is 2.11 bits per heavy atom. The molecule has 1 aliphatic rings. The van der Waals surface area contributed by atoms with Gasteiger partial charge in [-0.1, -0.05) is 6.07 Å². The van der Waals surface area contributed by atoms with Gasteiger partial charge in [-0.2, -0.15) is 0 Å². The number of ether oxygens (including phenoxy) is 1. The molecule has 2 rings (SSSR count). The van der Waals surface area contributed by atoms with E-state index in [0.717, 1.165) is 11.6 Å². The van der Waals surface area contributed by atoms with Crippen molar-refractivity contribution >= 4 is 35.1 Å². The molecule has 0 saturated carbocycles. The van der Waals surface area contributed by atoms with Crippen molar-refractivity contribution in [3.63, 3.8) is 0 Å². The zero-order valence-electron chi connectivity index (χ0n) is 10.4. The van der Waals surface area contributed by atoms with Crippen molar-refractivity contribution in [1.29, 1.82) is 0 Å². The van der Waals surface area contributed by atoms with Crippen molar-refractivity contribution in [3.8, 4) is 0 Å². The quantitative estimate of drug-likeness (QED) is 0.782. The van der Waals surface area contributed by atoms with Crippen molar-refractivity contribution in [2.24, 2.45) is 0 Å². The Morgan fingerprint density at radius 3 is 2.74 bits per heavy atom. The maximum absolute atomic E-state index is 11.9. The summed E-state index contributed by atoms with van der Waals surface area (Å²) in [5, 5.41) is 8.44. The van der Waals surface area contributed by atoms with Crippen molar-refractivity contribution in [2.45, 2.75) is 6.04 Å². The lowest BCUT2D eigenvalue weighted by atomic mass is 10.2. The summed E-state index contributed by atoms with van der Waals surface area (Å²) in [5.41, 5.74) is 1.20. The average Bonchev–Trinajstić information content (AvgIpc) is 2.93. The Bertz CT molecular complexity index is 475. The van der Waals surface area contributed by atoms with Crippen LogP contribution in [0.3, 0.4) is 0 Å². The second-order valence-electron chi connectivity index (χ2n) is 3.96. The number of benzene rings is 1. The third-order valence-electron chi connectivity index (χ3n) is 2.59. The van der Waals surface area contributed by atoms with E-state index in [9.17, 15) is 9.59 Å². The molecule has 0 bridgehead atoms. The number of amides is 2. The van der Waals surface area contributed by atoms with Gasteiger partial charge in [-0.3, -0.25) is 15.4 Å². The molecule has 1 unspecified atom stereocenters. The molecule has 3 N–H and O–H groups in total. The third-order valence-corrected chi connectivity index (χ3v) is 3.53. The highest BCUT2D eigenvalue weighted by Gasteiger charge is 2.22. The van der Waals surface area contributed by atoms with Crippen molar-refractivity contribution in [1.82, 2.24) is 5.32 Å². The fraction of sp³-hybridized carbons (Fsp3) is 0.333. The van der Waals surface area contributed by atoms with Crippen LogP contribution in [0.1, 0.15) is 0 Å². The molecular weight excluding hydrogens is 266 g/mol. The van der Waals surface area contributed by atoms with E-state index in [4.69, 9.17) is 0 Å². The van der Waals surface area contributed by atoms with Crippen LogP contribution in [0.2, 0.25) is 0 Å². The number of carbonyl (C=O) groups is 2. The predicted molar refractivity (Wildman–Crippen MR) is 75.3 cm³/mol. The number of hydrogen-bond acceptors (Lipinski definition) is 5. The topological polar surface area (TPSA) is 79.5 Å². The van der Waals surface area contributed by atoms with Gasteiger partial charge in [0.05, 0.1) is 13.2 Å². The van der Waals surface area contributed by atoms with Crippen LogP contribution in [-0.2, 0) is 9.53 Å². The summed E-state index contributed by atoms with van der Waals surface area (Å²) in [7, 11) is 1.30. The number of rotatable bonds is 3. The van der Waals surface area contributed by atoms with E-state index < -0.39 is 6.09 Å². The van der Waals surface area contributed by atoms with Crippen LogP contribution in [0.5, 0.6) is 0 Å². The molecule has 1 saturated heterocycles. The summed E-state index contributed by atoms with van der Waals surface area (Å²) in [5.74, 6) is 1.49. The molecule has 19 heavy (non-hydrogen) atoms. The van der Waals surface area contributed by atoms with Gasteiger partial charge in [0.15, 0.2) is 0 Å². The molecule has 1 aliphatic heterocycles. The second kappa shape index (κ2) is 6.44. The van der Waals surface area contributed by atoms with E-state index in [-0.39, 0.29) is 11.9 Å². The summed E-state index contributed by atoms with van der Waals surface area (Å²) < 4.78 is 4.51. The number of thioether (sulfide) groups is 1. The zero-order chi connectivity index (χ0) is 13.7. The molecule has 1 aromatic carbocycles. The van der Waals surface area contributed by atoms with Crippen LogP contribution in [0.4, 0.5) is 16.2 Å². The first-order valence-electron chi connectivity index (χ1n) is 5.76. The second-order valence-corrected chi connectivity index (χ2v) is 4.99. The Kier molecular flexibility index (Phi) is 4.64. The molecule has 6 nitrogen and oxygen atoms in total. The van der Waals surface area contributed by atoms with Crippen molar-refractivity contribution in [3.05, 3.63) is 24.3 Å². The van der Waals surface area contributed by atoms with Crippen LogP contribution in [0.15, 0.2) is 24.3 Å². The zero-order valence-corrected chi connectivity index (χ0v) is 11.3. The Hall–Kier alpha value is -1.73. The summed E-state index contributed by atoms with van der Waals surface area (Å²) >= 11 is 1.69.